The van der Waals surface area contributed by atoms with Crippen molar-refractivity contribution in [2.45, 2.75) is 44.6 Å². The van der Waals surface area contributed by atoms with E-state index in [2.05, 4.69) is 161 Å². The van der Waals surface area contributed by atoms with Crippen molar-refractivity contribution < 1.29 is 0 Å². The molecule has 9 aromatic rings. The zero-order valence-corrected chi connectivity index (χ0v) is 35.5. The molecule has 0 saturated carbocycles. The molecule has 2 aromatic heterocycles. The van der Waals surface area contributed by atoms with E-state index in [1.807, 2.05) is 60.9 Å². The largest absolute Gasteiger partial charge is 0.337 e. The summed E-state index contributed by atoms with van der Waals surface area (Å²) in [5, 5.41) is 12.8. The van der Waals surface area contributed by atoms with E-state index in [1.165, 1.54) is 66.5 Å². The van der Waals surface area contributed by atoms with Crippen molar-refractivity contribution in [3.63, 3.8) is 0 Å². The monoisotopic (exact) mass is 813 g/mol. The number of hydrogen-bond donors (Lipinski definition) is 1. The lowest BCUT2D eigenvalue weighted by atomic mass is 9.83. The first-order chi connectivity index (χ1) is 31.0. The fraction of sp³-hybridized carbons (Fsp3) is 0.138. The van der Waals surface area contributed by atoms with E-state index < -0.39 is 0 Å². The second-order valence-corrected chi connectivity index (χ2v) is 17.7. The predicted molar refractivity (Wildman–Crippen MR) is 264 cm³/mol. The van der Waals surface area contributed by atoms with Crippen LogP contribution in [0, 0.1) is 11.3 Å². The average Bonchev–Trinajstić information content (AvgIpc) is 3.96. The molecule has 1 aliphatic heterocycles. The maximum atomic E-state index is 9.04. The van der Waals surface area contributed by atoms with E-state index in [1.54, 1.807) is 0 Å². The molecular weight excluding hydrogens is 767 g/mol. The summed E-state index contributed by atoms with van der Waals surface area (Å²) in [6.45, 7) is 4.68. The number of para-hydroxylation sites is 3. The zero-order valence-electron chi connectivity index (χ0n) is 35.5. The van der Waals surface area contributed by atoms with Crippen molar-refractivity contribution in [1.82, 2.24) is 9.13 Å². The smallest absolute Gasteiger partial charge is 0.100 e. The van der Waals surface area contributed by atoms with E-state index >= 15 is 0 Å². The highest BCUT2D eigenvalue weighted by atomic mass is 15.2. The highest BCUT2D eigenvalue weighted by molar-refractivity contribution is 6.14. The number of nitrogens with zero attached hydrogens (tertiary/aromatic N) is 4. The lowest BCUT2D eigenvalue weighted by Gasteiger charge is -2.33. The van der Waals surface area contributed by atoms with Gasteiger partial charge in [-0.2, -0.15) is 0 Å². The zero-order chi connectivity index (χ0) is 42.2. The fourth-order valence-corrected chi connectivity index (χ4v) is 10.8. The van der Waals surface area contributed by atoms with Gasteiger partial charge in [-0.1, -0.05) is 129 Å². The Morgan fingerprint density at radius 2 is 1.33 bits per heavy atom. The molecule has 7 aromatic carbocycles. The molecule has 304 valence electrons. The summed E-state index contributed by atoms with van der Waals surface area (Å²) in [7, 11) is 0. The maximum absolute atomic E-state index is 9.04. The van der Waals surface area contributed by atoms with Crippen LogP contribution in [0.4, 0.5) is 17.1 Å². The van der Waals surface area contributed by atoms with E-state index in [0.29, 0.717) is 29.5 Å². The van der Waals surface area contributed by atoms with Gasteiger partial charge in [-0.05, 0) is 120 Å². The predicted octanol–water partition coefficient (Wildman–Crippen LogP) is 14.7. The average molecular weight is 814 g/mol. The highest BCUT2D eigenvalue weighted by Crippen LogP contribution is 2.51. The first-order valence-corrected chi connectivity index (χ1v) is 22.3. The topological polar surface area (TPSA) is 49.3 Å². The van der Waals surface area contributed by atoms with Crippen LogP contribution in [0.2, 0.25) is 0 Å². The van der Waals surface area contributed by atoms with Crippen molar-refractivity contribution >= 4 is 67.9 Å². The summed E-state index contributed by atoms with van der Waals surface area (Å²) in [6.07, 6.45) is 13.5. The summed E-state index contributed by atoms with van der Waals surface area (Å²) in [6, 6.07) is 59.2. The van der Waals surface area contributed by atoms with Gasteiger partial charge in [-0.15, -0.1) is 0 Å². The second-order valence-electron chi connectivity index (χ2n) is 17.7. The Labute approximate surface area is 368 Å². The molecule has 0 radical (unpaired) electrons. The molecule has 4 atom stereocenters. The number of rotatable bonds is 7. The molecule has 2 aliphatic carbocycles. The number of nitrogens with one attached hydrogen (secondary N) is 1. The Morgan fingerprint density at radius 1 is 0.651 bits per heavy atom. The van der Waals surface area contributed by atoms with Crippen LogP contribution in [0.3, 0.4) is 0 Å². The Morgan fingerprint density at radius 3 is 2.16 bits per heavy atom. The molecule has 1 N–H and O–H groups in total. The van der Waals surface area contributed by atoms with Crippen molar-refractivity contribution in [1.29, 1.82) is 5.41 Å². The molecule has 0 bridgehead atoms. The van der Waals surface area contributed by atoms with Crippen molar-refractivity contribution in [3.8, 4) is 16.8 Å². The normalized spacial score (nSPS) is 19.0. The van der Waals surface area contributed by atoms with Gasteiger partial charge in [0.1, 0.15) is 6.34 Å². The van der Waals surface area contributed by atoms with E-state index in [9.17, 15) is 0 Å². The van der Waals surface area contributed by atoms with Crippen molar-refractivity contribution in [2.75, 3.05) is 4.90 Å². The quantitative estimate of drug-likeness (QED) is 0.0972. The number of benzene rings is 7. The van der Waals surface area contributed by atoms with Crippen LogP contribution in [0.5, 0.6) is 0 Å². The maximum Gasteiger partial charge on any atom is 0.100 e. The molecule has 3 aliphatic rings. The van der Waals surface area contributed by atoms with Crippen LogP contribution >= 0.6 is 0 Å². The van der Waals surface area contributed by atoms with Crippen LogP contribution in [0.1, 0.15) is 66.5 Å². The number of aliphatic imine (C=N–C) groups is 1. The lowest BCUT2D eigenvalue weighted by Crippen LogP contribution is -2.33. The fourth-order valence-electron chi connectivity index (χ4n) is 10.8. The van der Waals surface area contributed by atoms with Gasteiger partial charge in [0.15, 0.2) is 0 Å². The summed E-state index contributed by atoms with van der Waals surface area (Å²) in [5.74, 6) is 1.30. The van der Waals surface area contributed by atoms with Gasteiger partial charge in [0.2, 0.25) is 0 Å². The molecule has 4 unspecified atom stereocenters. The summed E-state index contributed by atoms with van der Waals surface area (Å²) < 4.78 is 4.67. The van der Waals surface area contributed by atoms with Gasteiger partial charge in [0.25, 0.3) is 0 Å². The molecule has 12 rings (SSSR count). The number of fused-ring (bicyclic) bond motifs is 9. The van der Waals surface area contributed by atoms with Gasteiger partial charge in [-0.3, -0.25) is 5.41 Å². The Kier molecular flexibility index (Phi) is 8.79. The van der Waals surface area contributed by atoms with Gasteiger partial charge in [0, 0.05) is 56.3 Å². The van der Waals surface area contributed by atoms with Crippen LogP contribution in [-0.2, 0) is 0 Å². The molecule has 3 heterocycles. The third-order valence-corrected chi connectivity index (χ3v) is 13.8. The number of aromatic nitrogens is 2. The van der Waals surface area contributed by atoms with Gasteiger partial charge < -0.3 is 14.0 Å². The van der Waals surface area contributed by atoms with E-state index in [-0.39, 0.29) is 0 Å². The Bertz CT molecular complexity index is 3360. The van der Waals surface area contributed by atoms with Gasteiger partial charge in [0.05, 0.1) is 33.6 Å². The summed E-state index contributed by atoms with van der Waals surface area (Å²) in [4.78, 5) is 7.70. The highest BCUT2D eigenvalue weighted by Gasteiger charge is 2.40. The van der Waals surface area contributed by atoms with Gasteiger partial charge >= 0.3 is 0 Å². The molecule has 0 spiro atoms. The van der Waals surface area contributed by atoms with E-state index in [0.717, 1.165) is 40.9 Å². The first-order valence-electron chi connectivity index (χ1n) is 22.3. The Balaban J connectivity index is 0.988. The Hall–Kier alpha value is -7.50. The molecule has 0 saturated heterocycles. The minimum atomic E-state index is 0.360. The molecule has 5 heteroatoms. The molecule has 0 amide bonds. The standard InChI is InChI=1S/C58H47N5/c1-37-24-28-45-44-19-10-12-22-52(44)63(56(45)32-37)43-27-31-54-48(35-43)47-33-40(26-30-53(47)62(54)42-17-7-4-8-18-42)41-25-29-51-49(34-41)57-38(2)14-13-23-55(57)61(51)36-60-50-21-11-9-20-46(50)58(59)39-15-5-3-6-16-39/h3-13,15-31,33-38,45,56,59H,14,32H2,1-2H3. The van der Waals surface area contributed by atoms with Crippen LogP contribution in [0.15, 0.2) is 187 Å². The molecule has 5 nitrogen and oxygen atoms in total. The summed E-state index contributed by atoms with van der Waals surface area (Å²) >= 11 is 0. The third kappa shape index (κ3) is 6.06. The third-order valence-electron chi connectivity index (χ3n) is 13.8. The van der Waals surface area contributed by atoms with Gasteiger partial charge in [-0.25, -0.2) is 4.99 Å². The number of hydrogen-bond acceptors (Lipinski definition) is 3. The number of anilines is 2. The SMILES string of the molecule is CC1C=CC2c3ccccc3N(c3ccc4c(c3)c3cc(-c5ccc6c(c5)c5c(n6C=Nc6ccccc6C(=N)c6ccccc6)C=CCC5C)ccc3n4-c3ccccc3)C2C1. The first kappa shape index (κ1) is 37.3. The molecular formula is C58H47N5. The van der Waals surface area contributed by atoms with Crippen LogP contribution in [-0.4, -0.2) is 27.2 Å². The van der Waals surface area contributed by atoms with Crippen LogP contribution in [0.25, 0.3) is 55.6 Å². The second kappa shape index (κ2) is 14.8. The lowest BCUT2D eigenvalue weighted by molar-refractivity contribution is 0.485. The van der Waals surface area contributed by atoms with Crippen molar-refractivity contribution in [3.05, 3.63) is 210 Å². The van der Waals surface area contributed by atoms with Crippen LogP contribution < -0.4 is 4.90 Å². The number of allylic oxidation sites excluding steroid dienone is 2. The summed E-state index contributed by atoms with van der Waals surface area (Å²) in [5.41, 5.74) is 16.5. The van der Waals surface area contributed by atoms with Crippen molar-refractivity contribution in [2.24, 2.45) is 10.9 Å². The molecule has 63 heavy (non-hydrogen) atoms. The minimum Gasteiger partial charge on any atom is -0.337 e. The molecule has 0 fully saturated rings. The van der Waals surface area contributed by atoms with E-state index in [4.69, 9.17) is 10.4 Å². The minimum absolute atomic E-state index is 0.360.